The van der Waals surface area contributed by atoms with Crippen molar-refractivity contribution in [1.82, 2.24) is 0 Å². The summed E-state index contributed by atoms with van der Waals surface area (Å²) in [6, 6.07) is 18.1. The Morgan fingerprint density at radius 2 is 1.00 bits per heavy atom. The van der Waals surface area contributed by atoms with Gasteiger partial charge in [0, 0.05) is 49.9 Å². The number of rotatable bonds is 19. The molecule has 15 atom stereocenters. The van der Waals surface area contributed by atoms with Gasteiger partial charge in [0.2, 0.25) is 0 Å². The van der Waals surface area contributed by atoms with Crippen LogP contribution in [0.1, 0.15) is 109 Å². The highest BCUT2D eigenvalue weighted by molar-refractivity contribution is 5.86. The van der Waals surface area contributed by atoms with Crippen molar-refractivity contribution in [2.45, 2.75) is 146 Å². The number of hydrogen-bond donors (Lipinski definition) is 0. The number of hydrogen-bond acceptors (Lipinski definition) is 13. The van der Waals surface area contributed by atoms with Crippen molar-refractivity contribution in [1.29, 1.82) is 0 Å². The summed E-state index contributed by atoms with van der Waals surface area (Å²) >= 11 is 0. The first-order valence-corrected chi connectivity index (χ1v) is 27.7. The van der Waals surface area contributed by atoms with Gasteiger partial charge in [-0.15, -0.1) is 0 Å². The van der Waals surface area contributed by atoms with Gasteiger partial charge in [-0.2, -0.15) is 39.5 Å². The average molecular weight is 1200 g/mol. The molecule has 5 fully saturated rings. The predicted molar refractivity (Wildman–Crippen MR) is 281 cm³/mol. The first-order valence-electron chi connectivity index (χ1n) is 27.7. The highest BCUT2D eigenvalue weighted by Gasteiger charge is 2.88. The van der Waals surface area contributed by atoms with Gasteiger partial charge in [-0.3, -0.25) is 9.59 Å². The Morgan fingerprint density at radius 1 is 0.560 bits per heavy atom. The van der Waals surface area contributed by atoms with Crippen molar-refractivity contribution in [3.05, 3.63) is 120 Å². The highest BCUT2D eigenvalue weighted by atomic mass is 19.4. The van der Waals surface area contributed by atoms with E-state index >= 15 is 26.3 Å². The summed E-state index contributed by atoms with van der Waals surface area (Å²) in [5.41, 5.74) is -18.7. The molecule has 0 N–H and O–H groups in total. The fourth-order valence-electron chi connectivity index (χ4n) is 16.7. The third-order valence-electron chi connectivity index (χ3n) is 21.0. The number of fused-ring (bicyclic) bond motifs is 2. The third kappa shape index (κ3) is 9.25. The number of benzene rings is 3. The molecule has 3 aromatic carbocycles. The van der Waals surface area contributed by atoms with E-state index in [1.54, 1.807) is 0 Å². The highest BCUT2D eigenvalue weighted by Crippen LogP contribution is 2.89. The van der Waals surface area contributed by atoms with E-state index < -0.39 is 151 Å². The lowest BCUT2D eigenvalue weighted by Gasteiger charge is -2.64. The van der Waals surface area contributed by atoms with E-state index in [9.17, 15) is 37.1 Å². The van der Waals surface area contributed by atoms with Crippen LogP contribution in [0.4, 0.5) is 39.5 Å². The monoisotopic (exact) mass is 1190 g/mol. The molecular weight excluding hydrogens is 1120 g/mol. The molecule has 13 nitrogen and oxygen atoms in total. The molecule has 22 heteroatoms. The maximum atomic E-state index is 15.7. The Balaban J connectivity index is 1.18. The van der Waals surface area contributed by atoms with Gasteiger partial charge < -0.3 is 37.9 Å². The van der Waals surface area contributed by atoms with Crippen LogP contribution < -0.4 is 0 Å². The molecule has 5 aliphatic rings. The lowest BCUT2D eigenvalue weighted by atomic mass is 9.41. The fraction of sp³-hybridized carbons (Fsp3) is 0.597. The fourth-order valence-corrected chi connectivity index (χ4v) is 16.7. The minimum Gasteiger partial charge on any atom is -0.469 e. The smallest absolute Gasteiger partial charge is 0.432 e. The summed E-state index contributed by atoms with van der Waals surface area (Å²) in [7, 11) is 4.32. The largest absolute Gasteiger partial charge is 0.469 e. The van der Waals surface area contributed by atoms with Crippen molar-refractivity contribution in [2.24, 2.45) is 50.7 Å². The van der Waals surface area contributed by atoms with E-state index in [2.05, 4.69) is 13.5 Å². The van der Waals surface area contributed by atoms with E-state index in [-0.39, 0.29) is 43.6 Å². The molecular formula is C62H71F9O13. The zero-order valence-corrected chi connectivity index (χ0v) is 48.2. The van der Waals surface area contributed by atoms with Crippen LogP contribution in [0.15, 0.2) is 103 Å². The van der Waals surface area contributed by atoms with Crippen molar-refractivity contribution in [3.8, 4) is 0 Å². The molecule has 8 rings (SSSR count). The van der Waals surface area contributed by atoms with Crippen molar-refractivity contribution in [3.63, 3.8) is 0 Å². The first kappa shape index (κ1) is 64.0. The molecule has 84 heavy (non-hydrogen) atoms. The second-order valence-corrected chi connectivity index (χ2v) is 24.0. The number of carbonyl (C=O) groups is 5. The zero-order chi connectivity index (χ0) is 62.1. The van der Waals surface area contributed by atoms with Gasteiger partial charge in [-0.1, -0.05) is 111 Å². The molecule has 0 bridgehead atoms. The Bertz CT molecular complexity index is 2960. The predicted octanol–water partition coefficient (Wildman–Crippen LogP) is 12.4. The number of ether oxygens (including phenoxy) is 8. The number of carbonyl (C=O) groups excluding carboxylic acids is 5. The molecule has 0 aliphatic heterocycles. The molecule has 5 aliphatic carbocycles. The van der Waals surface area contributed by atoms with Crippen LogP contribution in [0, 0.1) is 50.7 Å². The Kier molecular flexibility index (Phi) is 17.0. The van der Waals surface area contributed by atoms with Gasteiger partial charge in [0.25, 0.3) is 16.8 Å². The standard InChI is InChI=1S/C62H71F9O13/c1-36(2)42(82-49(74)57(79-8,60(63,64)65)37-20-14-11-15-21-37)27-26-40(47(72)77-6)41-30-31-53(4)43-28-29-44-54(5,48(73)78-7)45(83-50(75)58(80-9,61(66,67)68)38-22-16-12-17-23-38)34-46(56(44)35-55(43,56)33-32-52(41,53)3)84-51(76)59(81-10,62(69,70)71)39-24-18-13-19-25-39/h11-25,40-46H,1,26-35H2,2-10H3/t40-,41-,42+,43+,44+,45+,46+,52-,53+,54+,55+,56-,57-,58-,59-/m1/s1. The minimum absolute atomic E-state index is 0.0349. The zero-order valence-electron chi connectivity index (χ0n) is 48.2. The number of esters is 5. The summed E-state index contributed by atoms with van der Waals surface area (Å²) in [6.45, 7) is 10.8. The summed E-state index contributed by atoms with van der Waals surface area (Å²) in [5.74, 6) is -10.2. The van der Waals surface area contributed by atoms with E-state index in [0.717, 1.165) is 50.6 Å². The van der Waals surface area contributed by atoms with Crippen LogP contribution in [0.5, 0.6) is 0 Å². The van der Waals surface area contributed by atoms with Gasteiger partial charge >= 0.3 is 48.4 Å². The minimum atomic E-state index is -5.49. The summed E-state index contributed by atoms with van der Waals surface area (Å²) in [4.78, 5) is 72.3. The lowest BCUT2D eigenvalue weighted by molar-refractivity contribution is -0.289. The van der Waals surface area contributed by atoms with E-state index in [1.807, 2.05) is 6.92 Å². The van der Waals surface area contributed by atoms with Gasteiger partial charge in [0.05, 0.1) is 20.1 Å². The molecule has 0 saturated heterocycles. The summed E-state index contributed by atoms with van der Waals surface area (Å²) in [5, 5.41) is 0. The van der Waals surface area contributed by atoms with Crippen LogP contribution in [-0.4, -0.2) is 102 Å². The normalized spacial score (nSPS) is 31.9. The van der Waals surface area contributed by atoms with Crippen LogP contribution in [0.3, 0.4) is 0 Å². The van der Waals surface area contributed by atoms with Gasteiger partial charge in [-0.05, 0) is 111 Å². The molecule has 0 heterocycles. The maximum absolute atomic E-state index is 15.7. The topological polar surface area (TPSA) is 159 Å². The third-order valence-corrected chi connectivity index (χ3v) is 21.0. The van der Waals surface area contributed by atoms with E-state index in [0.29, 0.717) is 39.9 Å². The molecule has 0 aromatic heterocycles. The average Bonchev–Trinajstić information content (AvgIpc) is 1.45. The summed E-state index contributed by atoms with van der Waals surface area (Å²) < 4.78 is 183. The maximum Gasteiger partial charge on any atom is 0.432 e. The molecule has 3 aromatic rings. The SMILES string of the molecule is C=C(C)[C@H](CC[C@@H](C(=O)OC)[C@H]1CC[C@@]2(C)[C@@H]3CC[C@H]4[C@](C)(C(=O)OC)[C@@H](OC(=O)[C@](OC)(c5ccccc5)C(F)(F)F)C[C@H](OC(=O)[C@](OC)(c5ccccc5)C(F)(F)F)[C@@]45C[C@@]35CC[C@]12C)OC(=O)[C@](OC)(c1ccccc1)C(F)(F)F. The quantitative estimate of drug-likeness (QED) is 0.0483. The van der Waals surface area contributed by atoms with E-state index in [4.69, 9.17) is 37.9 Å². The lowest BCUT2D eigenvalue weighted by Crippen LogP contribution is -2.66. The van der Waals surface area contributed by atoms with Crippen molar-refractivity contribution >= 4 is 29.8 Å². The molecule has 460 valence electrons. The van der Waals surface area contributed by atoms with Crippen molar-refractivity contribution in [2.75, 3.05) is 35.5 Å². The van der Waals surface area contributed by atoms with Crippen LogP contribution in [0.25, 0.3) is 0 Å². The number of alkyl halides is 9. The van der Waals surface area contributed by atoms with Gasteiger partial charge in [0.1, 0.15) is 23.7 Å². The molecule has 0 unspecified atom stereocenters. The Morgan fingerprint density at radius 3 is 1.42 bits per heavy atom. The molecule has 5 saturated carbocycles. The second kappa shape index (κ2) is 22.4. The van der Waals surface area contributed by atoms with Crippen LogP contribution >= 0.6 is 0 Å². The van der Waals surface area contributed by atoms with E-state index in [1.165, 1.54) is 75.6 Å². The molecule has 0 amide bonds. The van der Waals surface area contributed by atoms with Gasteiger partial charge in [-0.25, -0.2) is 14.4 Å². The first-order chi connectivity index (χ1) is 39.3. The van der Waals surface area contributed by atoms with Crippen LogP contribution in [0.2, 0.25) is 0 Å². The van der Waals surface area contributed by atoms with Gasteiger partial charge in [0.15, 0.2) is 0 Å². The number of methoxy groups -OCH3 is 5. The second-order valence-electron chi connectivity index (χ2n) is 24.0. The van der Waals surface area contributed by atoms with Crippen LogP contribution in [-0.2, 0) is 78.7 Å². The van der Waals surface area contributed by atoms with Crippen molar-refractivity contribution < 1.29 is 101 Å². The molecule has 2 spiro atoms. The molecule has 0 radical (unpaired) electrons. The Labute approximate surface area is 481 Å². The Hall–Kier alpha value is -6.00. The number of halogens is 9. The summed E-state index contributed by atoms with van der Waals surface area (Å²) in [6.07, 6.45) is -20.3.